The second-order valence-electron chi connectivity index (χ2n) is 6.53. The van der Waals surface area contributed by atoms with Gasteiger partial charge in [0.2, 0.25) is 0 Å². The monoisotopic (exact) mass is 351 g/mol. The summed E-state index contributed by atoms with van der Waals surface area (Å²) < 4.78 is 5.42. The molecule has 0 aromatic heterocycles. The molecule has 1 aliphatic carbocycles. The van der Waals surface area contributed by atoms with Crippen LogP contribution >= 0.6 is 0 Å². The van der Waals surface area contributed by atoms with E-state index < -0.39 is 18.1 Å². The zero-order chi connectivity index (χ0) is 18.3. The molecule has 1 fully saturated rings. The van der Waals surface area contributed by atoms with E-state index >= 15 is 0 Å². The molecular weight excluding hydrogens is 334 g/mol. The quantitative estimate of drug-likeness (QED) is 0.919. The number of hydrogen-bond donors (Lipinski definition) is 1. The van der Waals surface area contributed by atoms with Gasteiger partial charge < -0.3 is 9.84 Å². The summed E-state index contributed by atoms with van der Waals surface area (Å²) in [4.78, 5) is 36.2. The van der Waals surface area contributed by atoms with Crippen molar-refractivity contribution in [2.24, 2.45) is 0 Å². The predicted molar refractivity (Wildman–Crippen MR) is 92.8 cm³/mol. The van der Waals surface area contributed by atoms with E-state index in [0.29, 0.717) is 0 Å². The van der Waals surface area contributed by atoms with Gasteiger partial charge in [-0.2, -0.15) is 0 Å². The number of carboxylic acid groups (broad SMARTS) is 1. The molecule has 132 valence electrons. The molecule has 0 spiro atoms. The maximum atomic E-state index is 12.4. The largest absolute Gasteiger partial charge is 0.480 e. The second-order valence-corrected chi connectivity index (χ2v) is 6.53. The number of aliphatic carboxylic acids is 1. The molecule has 6 heteroatoms. The maximum absolute atomic E-state index is 12.4. The topological polar surface area (TPSA) is 83.9 Å². The summed E-state index contributed by atoms with van der Waals surface area (Å²) in [7, 11) is 0. The maximum Gasteiger partial charge on any atom is 0.410 e. The van der Waals surface area contributed by atoms with Gasteiger partial charge >= 0.3 is 12.1 Å². The Balaban J connectivity index is 1.54. The Kier molecular flexibility index (Phi) is 3.95. The van der Waals surface area contributed by atoms with Gasteiger partial charge in [0.1, 0.15) is 12.6 Å². The summed E-state index contributed by atoms with van der Waals surface area (Å²) in [6, 6.07) is 14.8. The van der Waals surface area contributed by atoms with E-state index in [0.717, 1.165) is 27.2 Å². The van der Waals surface area contributed by atoms with Crippen molar-refractivity contribution in [3.8, 4) is 11.1 Å². The molecule has 2 aliphatic rings. The van der Waals surface area contributed by atoms with Crippen LogP contribution in [-0.2, 0) is 14.3 Å². The molecule has 6 nitrogen and oxygen atoms in total. The van der Waals surface area contributed by atoms with Crippen molar-refractivity contribution in [1.29, 1.82) is 0 Å². The summed E-state index contributed by atoms with van der Waals surface area (Å²) in [6.45, 7) is -0.114. The van der Waals surface area contributed by atoms with Crippen molar-refractivity contribution in [2.75, 3.05) is 13.2 Å². The minimum atomic E-state index is -1.19. The van der Waals surface area contributed by atoms with Gasteiger partial charge in [0.25, 0.3) is 0 Å². The average molecular weight is 351 g/mol. The number of likely N-dealkylation sites (tertiary alicyclic amines) is 1. The van der Waals surface area contributed by atoms with Crippen LogP contribution in [0.15, 0.2) is 48.5 Å². The number of benzene rings is 2. The SMILES string of the molecule is O=C1CC(C(=O)O)N(C(=O)OCC2c3ccccc3-c3ccccc32)C1. The number of ether oxygens (including phenoxy) is 1. The number of carbonyl (C=O) groups is 3. The van der Waals surface area contributed by atoms with E-state index in [2.05, 4.69) is 0 Å². The van der Waals surface area contributed by atoms with E-state index in [1.807, 2.05) is 48.5 Å². The Bertz CT molecular complexity index is 861. The first kappa shape index (κ1) is 16.3. The summed E-state index contributed by atoms with van der Waals surface area (Å²) in [5.41, 5.74) is 4.38. The van der Waals surface area contributed by atoms with Crippen LogP contribution in [0.3, 0.4) is 0 Å². The van der Waals surface area contributed by atoms with E-state index in [-0.39, 0.29) is 31.3 Å². The standard InChI is InChI=1S/C20H17NO5/c22-12-9-18(19(23)24)21(10-12)20(25)26-11-17-15-7-3-1-5-13(15)14-6-2-4-8-16(14)17/h1-8,17-18H,9-11H2,(H,23,24). The van der Waals surface area contributed by atoms with Gasteiger partial charge in [-0.1, -0.05) is 48.5 Å². The first-order valence-electron chi connectivity index (χ1n) is 8.42. The van der Waals surface area contributed by atoms with Gasteiger partial charge in [-0.3, -0.25) is 9.69 Å². The van der Waals surface area contributed by atoms with Crippen molar-refractivity contribution in [3.63, 3.8) is 0 Å². The van der Waals surface area contributed by atoms with Gasteiger partial charge in [-0.15, -0.1) is 0 Å². The minimum Gasteiger partial charge on any atom is -0.480 e. The lowest BCUT2D eigenvalue weighted by Gasteiger charge is -2.21. The number of carboxylic acids is 1. The molecule has 1 atom stereocenters. The van der Waals surface area contributed by atoms with Gasteiger partial charge in [-0.25, -0.2) is 9.59 Å². The summed E-state index contributed by atoms with van der Waals surface area (Å²) in [5.74, 6) is -1.57. The molecule has 1 saturated heterocycles. The Hall–Kier alpha value is -3.15. The molecule has 1 N–H and O–H groups in total. The number of nitrogens with zero attached hydrogens (tertiary/aromatic N) is 1. The smallest absolute Gasteiger partial charge is 0.410 e. The Morgan fingerprint density at radius 3 is 2.19 bits per heavy atom. The summed E-state index contributed by atoms with van der Waals surface area (Å²) in [5, 5.41) is 9.19. The lowest BCUT2D eigenvalue weighted by atomic mass is 9.98. The first-order valence-corrected chi connectivity index (χ1v) is 8.42. The van der Waals surface area contributed by atoms with Crippen LogP contribution < -0.4 is 0 Å². The molecule has 0 radical (unpaired) electrons. The highest BCUT2D eigenvalue weighted by Gasteiger charge is 2.40. The third-order valence-electron chi connectivity index (χ3n) is 5.00. The highest BCUT2D eigenvalue weighted by molar-refractivity contribution is 5.95. The van der Waals surface area contributed by atoms with Crippen molar-refractivity contribution in [1.82, 2.24) is 4.90 Å². The molecule has 26 heavy (non-hydrogen) atoms. The molecule has 4 rings (SSSR count). The van der Waals surface area contributed by atoms with E-state index in [4.69, 9.17) is 4.74 Å². The van der Waals surface area contributed by atoms with Crippen LogP contribution in [0.4, 0.5) is 4.79 Å². The van der Waals surface area contributed by atoms with Crippen LogP contribution in [0, 0.1) is 0 Å². The molecule has 2 aromatic carbocycles. The molecule has 1 heterocycles. The number of amides is 1. The third-order valence-corrected chi connectivity index (χ3v) is 5.00. The molecule has 2 aromatic rings. The fraction of sp³-hybridized carbons (Fsp3) is 0.250. The summed E-state index contributed by atoms with van der Waals surface area (Å²) >= 11 is 0. The molecular formula is C20H17NO5. The Morgan fingerprint density at radius 1 is 1.04 bits per heavy atom. The normalized spacial score (nSPS) is 18.5. The fourth-order valence-corrected chi connectivity index (χ4v) is 3.78. The predicted octanol–water partition coefficient (Wildman–Crippen LogP) is 2.66. The number of ketones is 1. The van der Waals surface area contributed by atoms with Crippen molar-refractivity contribution in [3.05, 3.63) is 59.7 Å². The number of Topliss-reactive ketones (excluding diaryl/α,β-unsaturated/α-hetero) is 1. The van der Waals surface area contributed by atoms with Gasteiger partial charge in [0.05, 0.1) is 6.54 Å². The van der Waals surface area contributed by atoms with Crippen LogP contribution in [0.2, 0.25) is 0 Å². The number of hydrogen-bond acceptors (Lipinski definition) is 4. The second kappa shape index (κ2) is 6.29. The van der Waals surface area contributed by atoms with Crippen LogP contribution in [0.1, 0.15) is 23.5 Å². The lowest BCUT2D eigenvalue weighted by molar-refractivity contribution is -0.141. The highest BCUT2D eigenvalue weighted by atomic mass is 16.6. The van der Waals surface area contributed by atoms with E-state index in [9.17, 15) is 19.5 Å². The van der Waals surface area contributed by atoms with Gasteiger partial charge in [0.15, 0.2) is 5.78 Å². The number of carbonyl (C=O) groups excluding carboxylic acids is 2. The number of rotatable bonds is 3. The van der Waals surface area contributed by atoms with Crippen LogP contribution in [0.25, 0.3) is 11.1 Å². The van der Waals surface area contributed by atoms with Crippen LogP contribution in [-0.4, -0.2) is 47.0 Å². The van der Waals surface area contributed by atoms with Crippen LogP contribution in [0.5, 0.6) is 0 Å². The van der Waals surface area contributed by atoms with Crippen molar-refractivity contribution < 1.29 is 24.2 Å². The first-order chi connectivity index (χ1) is 12.6. The Labute approximate surface area is 150 Å². The zero-order valence-corrected chi connectivity index (χ0v) is 13.9. The van der Waals surface area contributed by atoms with Gasteiger partial charge in [-0.05, 0) is 22.3 Å². The Morgan fingerprint density at radius 2 is 1.62 bits per heavy atom. The molecule has 0 bridgehead atoms. The molecule has 0 saturated carbocycles. The van der Waals surface area contributed by atoms with E-state index in [1.165, 1.54) is 0 Å². The molecule has 1 unspecified atom stereocenters. The molecule has 1 amide bonds. The molecule has 1 aliphatic heterocycles. The third kappa shape index (κ3) is 2.63. The minimum absolute atomic E-state index is 0.101. The van der Waals surface area contributed by atoms with Gasteiger partial charge in [0, 0.05) is 12.3 Å². The van der Waals surface area contributed by atoms with Crippen molar-refractivity contribution >= 4 is 17.8 Å². The fourth-order valence-electron chi connectivity index (χ4n) is 3.78. The van der Waals surface area contributed by atoms with Crippen molar-refractivity contribution in [2.45, 2.75) is 18.4 Å². The highest BCUT2D eigenvalue weighted by Crippen LogP contribution is 2.44. The van der Waals surface area contributed by atoms with E-state index in [1.54, 1.807) is 0 Å². The zero-order valence-electron chi connectivity index (χ0n) is 13.9. The average Bonchev–Trinajstić information content (AvgIpc) is 3.18. The lowest BCUT2D eigenvalue weighted by Crippen LogP contribution is -2.41. The number of fused-ring (bicyclic) bond motifs is 3. The summed E-state index contributed by atoms with van der Waals surface area (Å²) in [6.07, 6.45) is -0.926.